The fourth-order valence-corrected chi connectivity index (χ4v) is 4.04. The van der Waals surface area contributed by atoms with Gasteiger partial charge in [0.2, 0.25) is 0 Å². The maximum atomic E-state index is 12.2. The Kier molecular flexibility index (Phi) is 6.57. The lowest BCUT2D eigenvalue weighted by Gasteiger charge is -2.14. The van der Waals surface area contributed by atoms with Crippen molar-refractivity contribution < 1.29 is 14.6 Å². The van der Waals surface area contributed by atoms with Crippen molar-refractivity contribution in [3.63, 3.8) is 0 Å². The van der Waals surface area contributed by atoms with Crippen LogP contribution in [0.15, 0.2) is 66.7 Å². The molecule has 2 N–H and O–H groups in total. The smallest absolute Gasteiger partial charge is 0.407 e. The molecule has 3 aromatic rings. The van der Waals surface area contributed by atoms with Crippen molar-refractivity contribution in [2.24, 2.45) is 0 Å². The predicted octanol–water partition coefficient (Wildman–Crippen LogP) is 5.11. The number of ether oxygens (including phenoxy) is 1. The number of nitrogens with one attached hydrogen (secondary N) is 1. The van der Waals surface area contributed by atoms with E-state index in [1.165, 1.54) is 22.3 Å². The van der Waals surface area contributed by atoms with Crippen LogP contribution < -0.4 is 5.32 Å². The maximum absolute atomic E-state index is 12.2. The van der Waals surface area contributed by atoms with Crippen molar-refractivity contribution in [3.05, 3.63) is 94.0 Å². The van der Waals surface area contributed by atoms with Crippen LogP contribution in [-0.4, -0.2) is 24.4 Å². The summed E-state index contributed by atoms with van der Waals surface area (Å²) in [5.74, 6) is 6.04. The SMILES string of the molecule is O=C(NCCC#Cc1ccc(Cl)cc1CO)OCC1c2ccccc2-c2ccccc21. The molecule has 4 rings (SSSR count). The Balaban J connectivity index is 1.29. The van der Waals surface area contributed by atoms with Crippen LogP contribution >= 0.6 is 11.6 Å². The van der Waals surface area contributed by atoms with Gasteiger partial charge in [-0.2, -0.15) is 0 Å². The van der Waals surface area contributed by atoms with E-state index in [4.69, 9.17) is 16.3 Å². The molecule has 0 aliphatic heterocycles. The summed E-state index contributed by atoms with van der Waals surface area (Å²) in [6.07, 6.45) is 0.0173. The van der Waals surface area contributed by atoms with Gasteiger partial charge in [0.05, 0.1) is 6.61 Å². The maximum Gasteiger partial charge on any atom is 0.407 e. The standard InChI is InChI=1S/C26H22ClNO3/c27-20-13-12-18(19(15-20)16-29)7-5-6-14-28-26(30)31-17-25-23-10-3-1-8-21(23)22-9-2-4-11-24(22)25/h1-4,8-13,15,25,29H,6,14,16-17H2,(H,28,30). The summed E-state index contributed by atoms with van der Waals surface area (Å²) in [4.78, 5) is 12.2. The number of halogens is 1. The van der Waals surface area contributed by atoms with Gasteiger partial charge in [-0.25, -0.2) is 4.79 Å². The number of hydrogen-bond donors (Lipinski definition) is 2. The topological polar surface area (TPSA) is 58.6 Å². The van der Waals surface area contributed by atoms with Crippen LogP contribution in [0.4, 0.5) is 4.79 Å². The lowest BCUT2D eigenvalue weighted by atomic mass is 9.98. The normalized spacial score (nSPS) is 11.8. The summed E-state index contributed by atoms with van der Waals surface area (Å²) in [5, 5.41) is 12.7. The molecule has 0 aromatic heterocycles. The second-order valence-corrected chi connectivity index (χ2v) is 7.70. The number of amides is 1. The molecular formula is C26H22ClNO3. The number of carbonyl (C=O) groups excluding carboxylic acids is 1. The van der Waals surface area contributed by atoms with Gasteiger partial charge < -0.3 is 15.2 Å². The molecule has 0 radical (unpaired) electrons. The Morgan fingerprint density at radius 3 is 2.39 bits per heavy atom. The molecule has 4 nitrogen and oxygen atoms in total. The third-order valence-corrected chi connectivity index (χ3v) is 5.56. The van der Waals surface area contributed by atoms with Gasteiger partial charge in [0.1, 0.15) is 6.61 Å². The van der Waals surface area contributed by atoms with Gasteiger partial charge in [-0.15, -0.1) is 0 Å². The molecular weight excluding hydrogens is 410 g/mol. The molecule has 0 saturated carbocycles. The highest BCUT2D eigenvalue weighted by molar-refractivity contribution is 6.30. The minimum atomic E-state index is -0.453. The molecule has 31 heavy (non-hydrogen) atoms. The number of carbonyl (C=O) groups is 1. The number of rotatable bonds is 5. The second kappa shape index (κ2) is 9.70. The molecule has 0 atom stereocenters. The first-order valence-corrected chi connectivity index (χ1v) is 10.5. The number of aliphatic hydroxyl groups is 1. The molecule has 156 valence electrons. The largest absolute Gasteiger partial charge is 0.449 e. The minimum absolute atomic E-state index is 0.0414. The highest BCUT2D eigenvalue weighted by atomic mass is 35.5. The summed E-state index contributed by atoms with van der Waals surface area (Å²) < 4.78 is 5.51. The van der Waals surface area contributed by atoms with E-state index in [-0.39, 0.29) is 19.1 Å². The molecule has 0 bridgehead atoms. The minimum Gasteiger partial charge on any atom is -0.449 e. The van der Waals surface area contributed by atoms with E-state index in [0.717, 1.165) is 5.56 Å². The Hall–Kier alpha value is -3.26. The van der Waals surface area contributed by atoms with Crippen molar-refractivity contribution in [1.82, 2.24) is 5.32 Å². The van der Waals surface area contributed by atoms with Gasteiger partial charge in [0.15, 0.2) is 0 Å². The van der Waals surface area contributed by atoms with E-state index in [0.29, 0.717) is 23.6 Å². The van der Waals surface area contributed by atoms with E-state index in [9.17, 15) is 9.90 Å². The molecule has 5 heteroatoms. The summed E-state index contributed by atoms with van der Waals surface area (Å²) in [6.45, 7) is 0.546. The average molecular weight is 432 g/mol. The summed E-state index contributed by atoms with van der Waals surface area (Å²) in [5.41, 5.74) is 6.19. The average Bonchev–Trinajstić information content (AvgIpc) is 3.12. The number of hydrogen-bond acceptors (Lipinski definition) is 3. The van der Waals surface area contributed by atoms with Crippen LogP contribution in [0.5, 0.6) is 0 Å². The first-order valence-electron chi connectivity index (χ1n) is 10.1. The van der Waals surface area contributed by atoms with Gasteiger partial charge >= 0.3 is 6.09 Å². The van der Waals surface area contributed by atoms with E-state index in [2.05, 4.69) is 41.4 Å². The van der Waals surface area contributed by atoms with Gasteiger partial charge in [0, 0.05) is 29.5 Å². The van der Waals surface area contributed by atoms with Gasteiger partial charge in [0.25, 0.3) is 0 Å². The van der Waals surface area contributed by atoms with Crippen molar-refractivity contribution >= 4 is 17.7 Å². The lowest BCUT2D eigenvalue weighted by Crippen LogP contribution is -2.26. The van der Waals surface area contributed by atoms with Gasteiger partial charge in [-0.1, -0.05) is 72.0 Å². The van der Waals surface area contributed by atoms with Crippen LogP contribution in [-0.2, 0) is 11.3 Å². The molecule has 1 aliphatic rings. The van der Waals surface area contributed by atoms with Crippen molar-refractivity contribution in [2.75, 3.05) is 13.2 Å². The van der Waals surface area contributed by atoms with Crippen molar-refractivity contribution in [2.45, 2.75) is 18.9 Å². The van der Waals surface area contributed by atoms with E-state index >= 15 is 0 Å². The molecule has 0 spiro atoms. The Bertz CT molecular complexity index is 1120. The third kappa shape index (κ3) is 4.74. The summed E-state index contributed by atoms with van der Waals surface area (Å²) in [6, 6.07) is 21.7. The zero-order valence-electron chi connectivity index (χ0n) is 16.9. The second-order valence-electron chi connectivity index (χ2n) is 7.26. The third-order valence-electron chi connectivity index (χ3n) is 5.32. The van der Waals surface area contributed by atoms with Gasteiger partial charge in [-0.05, 0) is 46.0 Å². The van der Waals surface area contributed by atoms with Crippen LogP contribution in [0.25, 0.3) is 11.1 Å². The first kappa shape index (κ1) is 21.0. The zero-order valence-corrected chi connectivity index (χ0v) is 17.7. The number of benzene rings is 3. The summed E-state index contributed by atoms with van der Waals surface area (Å²) >= 11 is 5.93. The molecule has 0 saturated heterocycles. The van der Waals surface area contributed by atoms with Crippen LogP contribution in [0.3, 0.4) is 0 Å². The first-order chi connectivity index (χ1) is 15.2. The van der Waals surface area contributed by atoms with E-state index in [1.54, 1.807) is 18.2 Å². The summed E-state index contributed by atoms with van der Waals surface area (Å²) in [7, 11) is 0. The fourth-order valence-electron chi connectivity index (χ4n) is 3.85. The number of aliphatic hydroxyl groups excluding tert-OH is 1. The molecule has 0 unspecified atom stereocenters. The van der Waals surface area contributed by atoms with Crippen molar-refractivity contribution in [1.29, 1.82) is 0 Å². The fraction of sp³-hybridized carbons (Fsp3) is 0.192. The molecule has 0 heterocycles. The Morgan fingerprint density at radius 2 is 1.71 bits per heavy atom. The highest BCUT2D eigenvalue weighted by Crippen LogP contribution is 2.44. The predicted molar refractivity (Wildman–Crippen MR) is 122 cm³/mol. The van der Waals surface area contributed by atoms with E-state index in [1.807, 2.05) is 24.3 Å². The van der Waals surface area contributed by atoms with Crippen molar-refractivity contribution in [3.8, 4) is 23.0 Å². The monoisotopic (exact) mass is 431 g/mol. The number of fused-ring (bicyclic) bond motifs is 3. The highest BCUT2D eigenvalue weighted by Gasteiger charge is 2.28. The Labute approximate surface area is 186 Å². The quantitative estimate of drug-likeness (QED) is 0.436. The number of alkyl carbamates (subject to hydrolysis) is 1. The van der Waals surface area contributed by atoms with Crippen LogP contribution in [0.2, 0.25) is 5.02 Å². The van der Waals surface area contributed by atoms with Crippen LogP contribution in [0.1, 0.15) is 34.6 Å². The van der Waals surface area contributed by atoms with E-state index < -0.39 is 6.09 Å². The Morgan fingerprint density at radius 1 is 1.03 bits per heavy atom. The molecule has 0 fully saturated rings. The zero-order chi connectivity index (χ0) is 21.6. The van der Waals surface area contributed by atoms with Gasteiger partial charge in [-0.3, -0.25) is 0 Å². The van der Waals surface area contributed by atoms with Crippen LogP contribution in [0, 0.1) is 11.8 Å². The molecule has 1 aliphatic carbocycles. The lowest BCUT2D eigenvalue weighted by molar-refractivity contribution is 0.143. The molecule has 3 aromatic carbocycles. The molecule has 1 amide bonds.